The van der Waals surface area contributed by atoms with E-state index in [9.17, 15) is 19.2 Å². The topological polar surface area (TPSA) is 92.8 Å². The van der Waals surface area contributed by atoms with Gasteiger partial charge in [-0.15, -0.1) is 0 Å². The zero-order valence-electron chi connectivity index (χ0n) is 14.3. The molecule has 1 aromatic rings. The molecule has 0 saturated carbocycles. The number of fused-ring (bicyclic) bond motifs is 1. The number of rotatable bonds is 4. The third-order valence-electron chi connectivity index (χ3n) is 4.61. The Morgan fingerprint density at radius 3 is 2.15 bits per heavy atom. The molecule has 0 aliphatic carbocycles. The van der Waals surface area contributed by atoms with Gasteiger partial charge in [0.05, 0.1) is 18.2 Å². The lowest BCUT2D eigenvalue weighted by Gasteiger charge is -2.53. The minimum absolute atomic E-state index is 0.191. The number of hydrogen-bond acceptors (Lipinski definition) is 6. The number of ether oxygens (including phenoxy) is 1. The molecule has 7 nitrogen and oxygen atoms in total. The van der Waals surface area contributed by atoms with Gasteiger partial charge in [0.1, 0.15) is 5.92 Å². The van der Waals surface area contributed by atoms with E-state index < -0.39 is 45.4 Å². The second-order valence-corrected chi connectivity index (χ2v) is 8.57. The van der Waals surface area contributed by atoms with E-state index in [1.165, 1.54) is 19.2 Å². The predicted octanol–water partition coefficient (Wildman–Crippen LogP) is 1.21. The second kappa shape index (κ2) is 5.99. The summed E-state index contributed by atoms with van der Waals surface area (Å²) in [4.78, 5) is 49.2. The third-order valence-corrected chi connectivity index (χ3v) is 5.39. The maximum Gasteiger partial charge on any atom is 0.313 e. The molecule has 3 rings (SSSR count). The molecule has 2 aliphatic heterocycles. The quantitative estimate of drug-likeness (QED) is 0.199. The zero-order valence-corrected chi connectivity index (χ0v) is 15.9. The van der Waals surface area contributed by atoms with Gasteiger partial charge in [-0.3, -0.25) is 24.1 Å². The Morgan fingerprint density at radius 2 is 1.77 bits per heavy atom. The summed E-state index contributed by atoms with van der Waals surface area (Å²) in [6.45, 7) is 3.26. The third kappa shape index (κ3) is 2.51. The van der Waals surface area contributed by atoms with Crippen LogP contribution in [-0.2, 0) is 14.3 Å². The minimum atomic E-state index is -1.72. The number of carbonyl (C=O) groups excluding carboxylic acids is 4. The molecule has 3 unspecified atom stereocenters. The van der Waals surface area contributed by atoms with E-state index in [0.717, 1.165) is 4.90 Å². The van der Waals surface area contributed by atoms with Crippen molar-refractivity contribution >= 4 is 47.9 Å². The highest BCUT2D eigenvalue weighted by Gasteiger charge is 2.67. The monoisotopic (exact) mass is 396 g/mol. The molecule has 2 heterocycles. The lowest BCUT2D eigenvalue weighted by molar-refractivity contribution is -0.155. The summed E-state index contributed by atoms with van der Waals surface area (Å²) in [5, 5.41) is 2.47. The molecule has 1 aromatic carbocycles. The van der Waals surface area contributed by atoms with E-state index in [0.29, 0.717) is 0 Å². The fraction of sp³-hybridized carbons (Fsp3) is 0.412. The first-order valence-corrected chi connectivity index (χ1v) is 8.64. The number of halogens is 1. The maximum absolute atomic E-state index is 12.7. The standard InChI is InChI=1S/C17H17ClN2O5S/c1-16(2,26)10(15(24)25-3)17(18)11(12(21)19-17)20-13(22)8-6-4-5-7-9(8)14(20)23/h4-7,10-11,26H,1-3H3,(H,19,21). The Kier molecular flexibility index (Phi) is 4.31. The lowest BCUT2D eigenvalue weighted by atomic mass is 9.77. The SMILES string of the molecule is COC(=O)C(C(C)(C)S)C1(Cl)NC(=O)C1N1C(=O)c2ccccc2C1=O. The summed E-state index contributed by atoms with van der Waals surface area (Å²) >= 11 is 11.0. The summed E-state index contributed by atoms with van der Waals surface area (Å²) < 4.78 is 3.81. The van der Waals surface area contributed by atoms with Crippen molar-refractivity contribution in [3.8, 4) is 0 Å². The molecule has 1 N–H and O–H groups in total. The van der Waals surface area contributed by atoms with Gasteiger partial charge in [-0.05, 0) is 26.0 Å². The molecule has 0 bridgehead atoms. The first kappa shape index (κ1) is 18.7. The van der Waals surface area contributed by atoms with Crippen molar-refractivity contribution in [2.45, 2.75) is 29.6 Å². The van der Waals surface area contributed by atoms with E-state index in [4.69, 9.17) is 16.3 Å². The molecule has 1 fully saturated rings. The van der Waals surface area contributed by atoms with Crippen molar-refractivity contribution in [3.63, 3.8) is 0 Å². The first-order valence-electron chi connectivity index (χ1n) is 7.82. The average Bonchev–Trinajstić information content (AvgIpc) is 2.79. The summed E-state index contributed by atoms with van der Waals surface area (Å²) in [7, 11) is 1.19. The number of benzene rings is 1. The van der Waals surface area contributed by atoms with Gasteiger partial charge in [0.2, 0.25) is 5.91 Å². The summed E-state index contributed by atoms with van der Waals surface area (Å²) in [6.07, 6.45) is 0. The van der Waals surface area contributed by atoms with Crippen LogP contribution in [0.4, 0.5) is 0 Å². The van der Waals surface area contributed by atoms with Crippen LogP contribution in [0.5, 0.6) is 0 Å². The van der Waals surface area contributed by atoms with Gasteiger partial charge < -0.3 is 10.1 Å². The molecule has 3 atom stereocenters. The van der Waals surface area contributed by atoms with Gasteiger partial charge in [-0.2, -0.15) is 12.6 Å². The number of amides is 3. The molecule has 138 valence electrons. The zero-order chi connectivity index (χ0) is 19.4. The van der Waals surface area contributed by atoms with Crippen LogP contribution in [0.1, 0.15) is 34.6 Å². The van der Waals surface area contributed by atoms with Crippen LogP contribution in [0.15, 0.2) is 24.3 Å². The van der Waals surface area contributed by atoms with Crippen molar-refractivity contribution in [1.82, 2.24) is 10.2 Å². The number of thiol groups is 1. The number of esters is 1. The Labute approximate surface area is 160 Å². The first-order chi connectivity index (χ1) is 12.0. The Balaban J connectivity index is 2.05. The smallest absolute Gasteiger partial charge is 0.313 e. The van der Waals surface area contributed by atoms with Crippen LogP contribution in [0.2, 0.25) is 0 Å². The second-order valence-electron chi connectivity index (χ2n) is 6.80. The molecule has 26 heavy (non-hydrogen) atoms. The van der Waals surface area contributed by atoms with E-state index in [1.807, 2.05) is 0 Å². The van der Waals surface area contributed by atoms with Gasteiger partial charge in [0.25, 0.3) is 11.8 Å². The largest absolute Gasteiger partial charge is 0.469 e. The fourth-order valence-electron chi connectivity index (χ4n) is 3.51. The number of hydrogen-bond donors (Lipinski definition) is 2. The molecule has 9 heteroatoms. The summed E-state index contributed by atoms with van der Waals surface area (Å²) in [5.74, 6) is -3.70. The van der Waals surface area contributed by atoms with Gasteiger partial charge in [0, 0.05) is 4.75 Å². The van der Waals surface area contributed by atoms with E-state index in [2.05, 4.69) is 17.9 Å². The molecule has 0 radical (unpaired) electrons. The number of β-lactam (4-membered cyclic amide) rings is 1. The number of imide groups is 1. The number of alkyl halides is 1. The van der Waals surface area contributed by atoms with Crippen molar-refractivity contribution < 1.29 is 23.9 Å². The van der Waals surface area contributed by atoms with Crippen LogP contribution in [0, 0.1) is 5.92 Å². The molecule has 0 spiro atoms. The normalized spacial score (nSPS) is 26.1. The minimum Gasteiger partial charge on any atom is -0.469 e. The number of nitrogens with zero attached hydrogens (tertiary/aromatic N) is 1. The van der Waals surface area contributed by atoms with Gasteiger partial charge in [-0.1, -0.05) is 23.7 Å². The van der Waals surface area contributed by atoms with Gasteiger partial charge in [-0.25, -0.2) is 0 Å². The Hall–Kier alpha value is -2.06. The highest BCUT2D eigenvalue weighted by molar-refractivity contribution is 7.81. The average molecular weight is 397 g/mol. The van der Waals surface area contributed by atoms with Crippen LogP contribution in [0.25, 0.3) is 0 Å². The van der Waals surface area contributed by atoms with Gasteiger partial charge >= 0.3 is 5.97 Å². The predicted molar refractivity (Wildman–Crippen MR) is 96.0 cm³/mol. The van der Waals surface area contributed by atoms with Crippen molar-refractivity contribution in [1.29, 1.82) is 0 Å². The van der Waals surface area contributed by atoms with E-state index in [-0.39, 0.29) is 11.1 Å². The highest BCUT2D eigenvalue weighted by Crippen LogP contribution is 2.46. The molecule has 3 amide bonds. The van der Waals surface area contributed by atoms with Crippen molar-refractivity contribution in [2.75, 3.05) is 7.11 Å². The Morgan fingerprint density at radius 1 is 1.27 bits per heavy atom. The molecular weight excluding hydrogens is 380 g/mol. The number of carbonyl (C=O) groups is 4. The molecule has 0 aromatic heterocycles. The summed E-state index contributed by atoms with van der Waals surface area (Å²) in [6, 6.07) is 4.89. The number of nitrogens with one attached hydrogen (secondary N) is 1. The van der Waals surface area contributed by atoms with Crippen molar-refractivity contribution in [3.05, 3.63) is 35.4 Å². The molecule has 1 saturated heterocycles. The van der Waals surface area contributed by atoms with Crippen LogP contribution >= 0.6 is 24.2 Å². The maximum atomic E-state index is 12.7. The lowest BCUT2D eigenvalue weighted by Crippen LogP contribution is -2.81. The van der Waals surface area contributed by atoms with Gasteiger partial charge in [0.15, 0.2) is 11.0 Å². The number of methoxy groups -OCH3 is 1. The summed E-state index contributed by atoms with van der Waals surface area (Å²) in [5.41, 5.74) is 0.381. The van der Waals surface area contributed by atoms with E-state index >= 15 is 0 Å². The molecule has 2 aliphatic rings. The Bertz CT molecular complexity index is 802. The fourth-order valence-corrected chi connectivity index (χ4v) is 4.54. The van der Waals surface area contributed by atoms with Crippen LogP contribution in [-0.4, -0.2) is 51.5 Å². The van der Waals surface area contributed by atoms with Crippen molar-refractivity contribution in [2.24, 2.45) is 5.92 Å². The van der Waals surface area contributed by atoms with E-state index in [1.54, 1.807) is 26.0 Å². The highest BCUT2D eigenvalue weighted by atomic mass is 35.5. The van der Waals surface area contributed by atoms with Crippen LogP contribution in [0.3, 0.4) is 0 Å². The molecular formula is C17H17ClN2O5S. The van der Waals surface area contributed by atoms with Crippen LogP contribution < -0.4 is 5.32 Å².